The van der Waals surface area contributed by atoms with Crippen molar-refractivity contribution >= 4 is 21.8 Å². The highest BCUT2D eigenvalue weighted by Crippen LogP contribution is 2.19. The van der Waals surface area contributed by atoms with E-state index >= 15 is 0 Å². The lowest BCUT2D eigenvalue weighted by Gasteiger charge is -2.11. The van der Waals surface area contributed by atoms with E-state index < -0.39 is 0 Å². The monoisotopic (exact) mass is 284 g/mol. The van der Waals surface area contributed by atoms with E-state index in [9.17, 15) is 4.79 Å². The third-order valence-electron chi connectivity index (χ3n) is 2.53. The van der Waals surface area contributed by atoms with E-state index in [4.69, 9.17) is 5.73 Å². The van der Waals surface area contributed by atoms with Crippen LogP contribution < -0.4 is 11.1 Å². The Bertz CT molecular complexity index is 379. The van der Waals surface area contributed by atoms with Crippen molar-refractivity contribution in [3.8, 4) is 0 Å². The van der Waals surface area contributed by atoms with Crippen LogP contribution in [0.2, 0.25) is 0 Å². The third-order valence-corrected chi connectivity index (χ3v) is 3.38. The molecule has 0 aliphatic heterocycles. The van der Waals surface area contributed by atoms with Crippen LogP contribution in [0.25, 0.3) is 0 Å². The average Bonchev–Trinajstić information content (AvgIpc) is 2.29. The van der Waals surface area contributed by atoms with Crippen molar-refractivity contribution in [2.24, 2.45) is 11.7 Å². The van der Waals surface area contributed by atoms with Crippen LogP contribution in [0.5, 0.6) is 0 Å². The van der Waals surface area contributed by atoms with Gasteiger partial charge in [0.25, 0.3) is 5.91 Å². The average molecular weight is 285 g/mol. The van der Waals surface area contributed by atoms with Crippen molar-refractivity contribution < 1.29 is 4.79 Å². The van der Waals surface area contributed by atoms with E-state index in [1.54, 1.807) is 0 Å². The molecule has 1 amide bonds. The molecule has 0 radical (unpaired) electrons. The van der Waals surface area contributed by atoms with Gasteiger partial charge in [-0.3, -0.25) is 4.79 Å². The standard InChI is InChI=1S/C12H17BrN2O/c1-8(6-14)7-15-12(16)10-4-3-5-11(13)9(10)2/h3-5,8H,6-7,14H2,1-2H3,(H,15,16). The van der Waals surface area contributed by atoms with Gasteiger partial charge < -0.3 is 11.1 Å². The maximum Gasteiger partial charge on any atom is 0.251 e. The quantitative estimate of drug-likeness (QED) is 0.890. The zero-order valence-corrected chi connectivity index (χ0v) is 11.2. The highest BCUT2D eigenvalue weighted by atomic mass is 79.9. The van der Waals surface area contributed by atoms with Crippen LogP contribution in [0.4, 0.5) is 0 Å². The molecule has 0 aliphatic carbocycles. The van der Waals surface area contributed by atoms with Crippen molar-refractivity contribution in [1.82, 2.24) is 5.32 Å². The summed E-state index contributed by atoms with van der Waals surface area (Å²) in [6.07, 6.45) is 0. The molecule has 1 unspecified atom stereocenters. The minimum absolute atomic E-state index is 0.0425. The molecule has 0 aliphatic rings. The van der Waals surface area contributed by atoms with E-state index in [0.717, 1.165) is 10.0 Å². The number of carbonyl (C=O) groups excluding carboxylic acids is 1. The van der Waals surface area contributed by atoms with Crippen LogP contribution >= 0.6 is 15.9 Å². The summed E-state index contributed by atoms with van der Waals surface area (Å²) in [4.78, 5) is 11.9. The Morgan fingerprint density at radius 2 is 2.25 bits per heavy atom. The van der Waals surface area contributed by atoms with Gasteiger partial charge in [-0.25, -0.2) is 0 Å². The van der Waals surface area contributed by atoms with Gasteiger partial charge in [0.2, 0.25) is 0 Å². The Morgan fingerprint density at radius 1 is 1.56 bits per heavy atom. The second-order valence-electron chi connectivity index (χ2n) is 3.96. The molecule has 3 nitrogen and oxygen atoms in total. The van der Waals surface area contributed by atoms with Gasteiger partial charge >= 0.3 is 0 Å². The van der Waals surface area contributed by atoms with E-state index in [-0.39, 0.29) is 5.91 Å². The van der Waals surface area contributed by atoms with Gasteiger partial charge in [0.15, 0.2) is 0 Å². The molecule has 88 valence electrons. The third kappa shape index (κ3) is 3.32. The zero-order chi connectivity index (χ0) is 12.1. The summed E-state index contributed by atoms with van der Waals surface area (Å²) in [5.41, 5.74) is 7.16. The summed E-state index contributed by atoms with van der Waals surface area (Å²) in [5, 5.41) is 2.88. The molecule has 16 heavy (non-hydrogen) atoms. The SMILES string of the molecule is Cc1c(Br)cccc1C(=O)NCC(C)CN. The lowest BCUT2D eigenvalue weighted by atomic mass is 10.1. The van der Waals surface area contributed by atoms with Crippen LogP contribution in [0.1, 0.15) is 22.8 Å². The Balaban J connectivity index is 2.70. The summed E-state index contributed by atoms with van der Waals surface area (Å²) >= 11 is 3.41. The Kier molecular flexibility index (Phi) is 4.96. The summed E-state index contributed by atoms with van der Waals surface area (Å²) in [6.45, 7) is 5.12. The van der Waals surface area contributed by atoms with Crippen LogP contribution in [0.15, 0.2) is 22.7 Å². The molecular formula is C12H17BrN2O. The fourth-order valence-electron chi connectivity index (χ4n) is 1.30. The second kappa shape index (κ2) is 6.01. The summed E-state index contributed by atoms with van der Waals surface area (Å²) < 4.78 is 0.951. The van der Waals surface area contributed by atoms with Gasteiger partial charge in [0, 0.05) is 16.6 Å². The number of halogens is 1. The van der Waals surface area contributed by atoms with Crippen molar-refractivity contribution in [2.75, 3.05) is 13.1 Å². The predicted molar refractivity (Wildman–Crippen MR) is 69.4 cm³/mol. The van der Waals surface area contributed by atoms with Crippen LogP contribution in [-0.4, -0.2) is 19.0 Å². The Labute approximate surface area is 105 Å². The lowest BCUT2D eigenvalue weighted by Crippen LogP contribution is -2.31. The molecule has 0 saturated carbocycles. The number of nitrogens with two attached hydrogens (primary N) is 1. The molecule has 0 saturated heterocycles. The summed E-state index contributed by atoms with van der Waals surface area (Å²) in [6, 6.07) is 5.61. The van der Waals surface area contributed by atoms with Gasteiger partial charge in [-0.15, -0.1) is 0 Å². The number of carbonyl (C=O) groups is 1. The number of amides is 1. The first-order valence-corrected chi connectivity index (χ1v) is 6.09. The van der Waals surface area contributed by atoms with Crippen molar-refractivity contribution in [3.05, 3.63) is 33.8 Å². The van der Waals surface area contributed by atoms with Crippen LogP contribution in [0, 0.1) is 12.8 Å². The molecule has 0 spiro atoms. The van der Waals surface area contributed by atoms with Crippen LogP contribution in [-0.2, 0) is 0 Å². The first kappa shape index (κ1) is 13.2. The minimum Gasteiger partial charge on any atom is -0.352 e. The van der Waals surface area contributed by atoms with Gasteiger partial charge in [-0.2, -0.15) is 0 Å². The molecule has 0 bridgehead atoms. The van der Waals surface area contributed by atoms with Crippen molar-refractivity contribution in [2.45, 2.75) is 13.8 Å². The number of rotatable bonds is 4. The Hall–Kier alpha value is -0.870. The molecule has 1 atom stereocenters. The molecule has 0 aromatic heterocycles. The lowest BCUT2D eigenvalue weighted by molar-refractivity contribution is 0.0948. The fraction of sp³-hybridized carbons (Fsp3) is 0.417. The van der Waals surface area contributed by atoms with Gasteiger partial charge in [0.05, 0.1) is 0 Å². The zero-order valence-electron chi connectivity index (χ0n) is 9.59. The van der Waals surface area contributed by atoms with E-state index in [1.165, 1.54) is 0 Å². The fourth-order valence-corrected chi connectivity index (χ4v) is 1.67. The Morgan fingerprint density at radius 3 is 2.88 bits per heavy atom. The van der Waals surface area contributed by atoms with Gasteiger partial charge in [-0.1, -0.05) is 28.9 Å². The number of benzene rings is 1. The summed E-state index contributed by atoms with van der Waals surface area (Å²) in [7, 11) is 0. The number of hydrogen-bond donors (Lipinski definition) is 2. The van der Waals surface area contributed by atoms with E-state index in [0.29, 0.717) is 24.6 Å². The highest BCUT2D eigenvalue weighted by molar-refractivity contribution is 9.10. The van der Waals surface area contributed by atoms with Crippen LogP contribution in [0.3, 0.4) is 0 Å². The smallest absolute Gasteiger partial charge is 0.251 e. The molecule has 4 heteroatoms. The molecular weight excluding hydrogens is 268 g/mol. The summed E-state index contributed by atoms with van der Waals surface area (Å²) in [5.74, 6) is 0.260. The molecule has 1 aromatic carbocycles. The topological polar surface area (TPSA) is 55.1 Å². The largest absolute Gasteiger partial charge is 0.352 e. The van der Waals surface area contributed by atoms with Crippen molar-refractivity contribution in [3.63, 3.8) is 0 Å². The van der Waals surface area contributed by atoms with Gasteiger partial charge in [-0.05, 0) is 37.1 Å². The van der Waals surface area contributed by atoms with Crippen molar-refractivity contribution in [1.29, 1.82) is 0 Å². The van der Waals surface area contributed by atoms with Gasteiger partial charge in [0.1, 0.15) is 0 Å². The second-order valence-corrected chi connectivity index (χ2v) is 4.82. The minimum atomic E-state index is -0.0425. The first-order chi connectivity index (χ1) is 7.56. The molecule has 1 aromatic rings. The number of nitrogens with one attached hydrogen (secondary N) is 1. The highest BCUT2D eigenvalue weighted by Gasteiger charge is 2.10. The molecule has 3 N–H and O–H groups in total. The van der Waals surface area contributed by atoms with E-state index in [2.05, 4.69) is 21.2 Å². The number of hydrogen-bond acceptors (Lipinski definition) is 2. The molecule has 0 fully saturated rings. The normalized spacial score (nSPS) is 12.2. The molecule has 1 rings (SSSR count). The maximum atomic E-state index is 11.9. The predicted octanol–water partition coefficient (Wildman–Crippen LogP) is 2.08. The first-order valence-electron chi connectivity index (χ1n) is 5.29. The van der Waals surface area contributed by atoms with E-state index in [1.807, 2.05) is 32.0 Å². The maximum absolute atomic E-state index is 11.9. The molecule has 0 heterocycles.